The van der Waals surface area contributed by atoms with E-state index in [1.54, 1.807) is 0 Å². The molecule has 0 spiro atoms. The summed E-state index contributed by atoms with van der Waals surface area (Å²) in [7, 11) is 0. The minimum Gasteiger partial charge on any atom is -0.0654 e. The summed E-state index contributed by atoms with van der Waals surface area (Å²) < 4.78 is 0. The molecule has 0 N–H and O–H groups in total. The first-order valence-corrected chi connectivity index (χ1v) is 6.46. The molecular formula is C14H30. The third-order valence-corrected chi connectivity index (χ3v) is 3.82. The summed E-state index contributed by atoms with van der Waals surface area (Å²) in [4.78, 5) is 0. The Hall–Kier alpha value is 0. The molecule has 2 unspecified atom stereocenters. The Morgan fingerprint density at radius 3 is 2.00 bits per heavy atom. The van der Waals surface area contributed by atoms with E-state index in [9.17, 15) is 0 Å². The molecule has 0 aromatic heterocycles. The summed E-state index contributed by atoms with van der Waals surface area (Å²) >= 11 is 0. The molecule has 14 heavy (non-hydrogen) atoms. The zero-order chi connectivity index (χ0) is 11.2. The summed E-state index contributed by atoms with van der Waals surface area (Å²) in [6.45, 7) is 14.2. The second-order valence-corrected chi connectivity index (χ2v) is 5.66. The molecule has 0 aromatic carbocycles. The van der Waals surface area contributed by atoms with Crippen molar-refractivity contribution in [1.29, 1.82) is 0 Å². The van der Waals surface area contributed by atoms with Gasteiger partial charge in [-0.25, -0.2) is 0 Å². The predicted octanol–water partition coefficient (Wildman–Crippen LogP) is 5.28. The van der Waals surface area contributed by atoms with Crippen LogP contribution in [0.5, 0.6) is 0 Å². The van der Waals surface area contributed by atoms with Crippen LogP contribution in [0.1, 0.15) is 73.6 Å². The second-order valence-electron chi connectivity index (χ2n) is 5.66. The van der Waals surface area contributed by atoms with Crippen molar-refractivity contribution in [3.05, 3.63) is 0 Å². The lowest BCUT2D eigenvalue weighted by atomic mass is 9.75. The molecule has 86 valence electrons. The molecule has 0 heterocycles. The summed E-state index contributed by atoms with van der Waals surface area (Å²) in [6, 6.07) is 0. The van der Waals surface area contributed by atoms with Crippen molar-refractivity contribution in [3.8, 4) is 0 Å². The van der Waals surface area contributed by atoms with Gasteiger partial charge in [0, 0.05) is 0 Å². The summed E-state index contributed by atoms with van der Waals surface area (Å²) in [5.74, 6) is 1.85. The number of hydrogen-bond acceptors (Lipinski definition) is 0. The molecule has 0 nitrogen and oxygen atoms in total. The van der Waals surface area contributed by atoms with Crippen molar-refractivity contribution >= 4 is 0 Å². The van der Waals surface area contributed by atoms with Crippen LogP contribution < -0.4 is 0 Å². The van der Waals surface area contributed by atoms with Gasteiger partial charge in [-0.15, -0.1) is 0 Å². The van der Waals surface area contributed by atoms with Crippen molar-refractivity contribution in [2.45, 2.75) is 73.6 Å². The first-order chi connectivity index (χ1) is 6.46. The minimum atomic E-state index is 0.542. The van der Waals surface area contributed by atoms with Crippen LogP contribution in [0.2, 0.25) is 0 Å². The highest BCUT2D eigenvalue weighted by molar-refractivity contribution is 4.74. The lowest BCUT2D eigenvalue weighted by molar-refractivity contribution is 0.202. The molecule has 0 fully saturated rings. The van der Waals surface area contributed by atoms with Gasteiger partial charge in [-0.05, 0) is 23.7 Å². The Bertz CT molecular complexity index is 135. The fraction of sp³-hybridized carbons (Fsp3) is 1.00. The Kier molecular flexibility index (Phi) is 6.48. The maximum atomic E-state index is 2.45. The van der Waals surface area contributed by atoms with E-state index in [4.69, 9.17) is 0 Å². The number of rotatable bonds is 7. The van der Waals surface area contributed by atoms with E-state index in [0.29, 0.717) is 5.41 Å². The van der Waals surface area contributed by atoms with Crippen molar-refractivity contribution in [3.63, 3.8) is 0 Å². The van der Waals surface area contributed by atoms with Gasteiger partial charge in [0.1, 0.15) is 0 Å². The van der Waals surface area contributed by atoms with Crippen molar-refractivity contribution in [2.75, 3.05) is 0 Å². The van der Waals surface area contributed by atoms with E-state index in [1.807, 2.05) is 0 Å². The van der Waals surface area contributed by atoms with Gasteiger partial charge >= 0.3 is 0 Å². The van der Waals surface area contributed by atoms with Gasteiger partial charge in [0.05, 0.1) is 0 Å². The van der Waals surface area contributed by atoms with Crippen LogP contribution >= 0.6 is 0 Å². The lowest BCUT2D eigenvalue weighted by Crippen LogP contribution is -2.20. The van der Waals surface area contributed by atoms with E-state index >= 15 is 0 Å². The average Bonchev–Trinajstić information content (AvgIpc) is 2.13. The number of hydrogen-bond donors (Lipinski definition) is 0. The molecule has 0 bridgehead atoms. The van der Waals surface area contributed by atoms with Crippen LogP contribution in [0.4, 0.5) is 0 Å². The van der Waals surface area contributed by atoms with Crippen LogP contribution in [0.25, 0.3) is 0 Å². The van der Waals surface area contributed by atoms with E-state index in [-0.39, 0.29) is 0 Å². The topological polar surface area (TPSA) is 0 Å². The summed E-state index contributed by atoms with van der Waals surface area (Å²) in [5, 5.41) is 0. The van der Waals surface area contributed by atoms with Crippen LogP contribution in [-0.2, 0) is 0 Å². The van der Waals surface area contributed by atoms with E-state index in [2.05, 4.69) is 41.5 Å². The third kappa shape index (κ3) is 5.02. The average molecular weight is 198 g/mol. The van der Waals surface area contributed by atoms with Crippen molar-refractivity contribution < 1.29 is 0 Å². The van der Waals surface area contributed by atoms with Gasteiger partial charge in [0.2, 0.25) is 0 Å². The Morgan fingerprint density at radius 1 is 1.07 bits per heavy atom. The highest BCUT2D eigenvalue weighted by atomic mass is 14.3. The van der Waals surface area contributed by atoms with Gasteiger partial charge in [0.15, 0.2) is 0 Å². The van der Waals surface area contributed by atoms with Crippen LogP contribution in [-0.4, -0.2) is 0 Å². The van der Waals surface area contributed by atoms with Crippen molar-refractivity contribution in [1.82, 2.24) is 0 Å². The lowest BCUT2D eigenvalue weighted by Gasteiger charge is -2.31. The Labute approximate surface area is 91.5 Å². The largest absolute Gasteiger partial charge is 0.0654 e. The van der Waals surface area contributed by atoms with Gasteiger partial charge in [-0.3, -0.25) is 0 Å². The fourth-order valence-corrected chi connectivity index (χ4v) is 2.44. The summed E-state index contributed by atoms with van der Waals surface area (Å²) in [5.41, 5.74) is 0.542. The second kappa shape index (κ2) is 6.48. The van der Waals surface area contributed by atoms with Gasteiger partial charge in [-0.1, -0.05) is 67.2 Å². The SMILES string of the molecule is CCCC(CC)C(C)CC(C)(C)CC. The van der Waals surface area contributed by atoms with E-state index in [1.165, 1.54) is 32.1 Å². The third-order valence-electron chi connectivity index (χ3n) is 3.82. The molecule has 0 radical (unpaired) electrons. The normalized spacial score (nSPS) is 16.7. The molecule has 0 aliphatic carbocycles. The summed E-state index contributed by atoms with van der Waals surface area (Å²) in [6.07, 6.45) is 6.81. The van der Waals surface area contributed by atoms with Gasteiger partial charge in [-0.2, -0.15) is 0 Å². The van der Waals surface area contributed by atoms with Crippen LogP contribution in [0, 0.1) is 17.3 Å². The zero-order valence-electron chi connectivity index (χ0n) is 11.2. The maximum absolute atomic E-state index is 2.45. The monoisotopic (exact) mass is 198 g/mol. The smallest absolute Gasteiger partial charge is 0.0354 e. The van der Waals surface area contributed by atoms with E-state index in [0.717, 1.165) is 11.8 Å². The molecule has 0 saturated heterocycles. The molecule has 0 aliphatic heterocycles. The van der Waals surface area contributed by atoms with Crippen LogP contribution in [0.3, 0.4) is 0 Å². The molecule has 0 rings (SSSR count). The molecule has 0 amide bonds. The molecule has 0 aliphatic rings. The highest BCUT2D eigenvalue weighted by Crippen LogP contribution is 2.34. The Balaban J connectivity index is 4.09. The fourth-order valence-electron chi connectivity index (χ4n) is 2.44. The minimum absolute atomic E-state index is 0.542. The highest BCUT2D eigenvalue weighted by Gasteiger charge is 2.23. The molecule has 2 atom stereocenters. The van der Waals surface area contributed by atoms with Crippen LogP contribution in [0.15, 0.2) is 0 Å². The first-order valence-electron chi connectivity index (χ1n) is 6.46. The molecule has 0 saturated carbocycles. The molecule has 0 aromatic rings. The first kappa shape index (κ1) is 14.0. The standard InChI is InChI=1S/C14H30/c1-7-10-13(8-2)12(4)11-14(5,6)9-3/h12-13H,7-11H2,1-6H3. The van der Waals surface area contributed by atoms with Gasteiger partial charge in [0.25, 0.3) is 0 Å². The Morgan fingerprint density at radius 2 is 1.64 bits per heavy atom. The zero-order valence-corrected chi connectivity index (χ0v) is 11.2. The van der Waals surface area contributed by atoms with Gasteiger partial charge < -0.3 is 0 Å². The maximum Gasteiger partial charge on any atom is -0.0354 e. The van der Waals surface area contributed by atoms with E-state index < -0.39 is 0 Å². The quantitative estimate of drug-likeness (QED) is 0.522. The molecular weight excluding hydrogens is 168 g/mol. The van der Waals surface area contributed by atoms with Crippen molar-refractivity contribution in [2.24, 2.45) is 17.3 Å². The predicted molar refractivity (Wildman–Crippen MR) is 66.5 cm³/mol. The molecule has 0 heteroatoms.